The van der Waals surface area contributed by atoms with Crippen molar-refractivity contribution in [3.8, 4) is 0 Å². The van der Waals surface area contributed by atoms with Crippen LogP contribution in [0.1, 0.15) is 22.5 Å². The molecule has 1 aliphatic heterocycles. The van der Waals surface area contributed by atoms with E-state index in [1.165, 1.54) is 4.88 Å². The van der Waals surface area contributed by atoms with Crippen LogP contribution in [-0.2, 0) is 11.3 Å². The molecule has 0 saturated carbocycles. The number of aryl methyl sites for hydroxylation is 2. The lowest BCUT2D eigenvalue weighted by Gasteiger charge is -2.38. The molecule has 0 unspecified atom stereocenters. The topological polar surface area (TPSA) is 34.1 Å². The fraction of sp³-hybridized carbons (Fsp3) is 0.700. The Balaban J connectivity index is 1.91. The normalized spacial score (nSPS) is 19.4. The number of hydrogen-bond acceptors (Lipinski definition) is 4. The molecule has 0 bridgehead atoms. The van der Waals surface area contributed by atoms with E-state index in [4.69, 9.17) is 4.74 Å². The highest BCUT2D eigenvalue weighted by atomic mass is 32.1. The van der Waals surface area contributed by atoms with Gasteiger partial charge in [-0.3, -0.25) is 0 Å². The highest BCUT2D eigenvalue weighted by Crippen LogP contribution is 2.21. The molecule has 2 heterocycles. The van der Waals surface area contributed by atoms with Crippen molar-refractivity contribution in [3.63, 3.8) is 0 Å². The first kappa shape index (κ1) is 10.1. The second kappa shape index (κ2) is 3.61. The van der Waals surface area contributed by atoms with Gasteiger partial charge in [0.15, 0.2) is 0 Å². The lowest BCUT2D eigenvalue weighted by Crippen LogP contribution is -2.58. The standard InChI is InChI=1S/C10H16N2OS/c1-7-8(2)14-9(12-7)4-13-10(3)5-11-6-10/h11H,4-6H2,1-3H3. The monoisotopic (exact) mass is 212 g/mol. The summed E-state index contributed by atoms with van der Waals surface area (Å²) in [5.74, 6) is 0. The van der Waals surface area contributed by atoms with Crippen LogP contribution < -0.4 is 5.32 Å². The number of thiazole rings is 1. The zero-order valence-electron chi connectivity index (χ0n) is 8.89. The van der Waals surface area contributed by atoms with Crippen LogP contribution in [0, 0.1) is 13.8 Å². The average molecular weight is 212 g/mol. The molecule has 78 valence electrons. The highest BCUT2D eigenvalue weighted by molar-refractivity contribution is 7.11. The Labute approximate surface area is 88.5 Å². The molecule has 0 aromatic carbocycles. The summed E-state index contributed by atoms with van der Waals surface area (Å²) in [4.78, 5) is 5.74. The average Bonchev–Trinajstić information content (AvgIpc) is 2.40. The van der Waals surface area contributed by atoms with Crippen molar-refractivity contribution in [2.45, 2.75) is 33.0 Å². The maximum absolute atomic E-state index is 5.81. The smallest absolute Gasteiger partial charge is 0.119 e. The summed E-state index contributed by atoms with van der Waals surface area (Å²) in [6, 6.07) is 0. The Bertz CT molecular complexity index is 311. The third-order valence-corrected chi connectivity index (χ3v) is 3.66. The number of hydrogen-bond donors (Lipinski definition) is 1. The molecule has 0 spiro atoms. The Hall–Kier alpha value is -0.450. The van der Waals surface area contributed by atoms with Gasteiger partial charge in [-0.1, -0.05) is 0 Å². The summed E-state index contributed by atoms with van der Waals surface area (Å²) in [7, 11) is 0. The number of aromatic nitrogens is 1. The Morgan fingerprint density at radius 2 is 2.21 bits per heavy atom. The molecule has 0 aliphatic carbocycles. The molecule has 3 nitrogen and oxygen atoms in total. The van der Waals surface area contributed by atoms with Crippen LogP contribution in [-0.4, -0.2) is 23.7 Å². The molecular weight excluding hydrogens is 196 g/mol. The van der Waals surface area contributed by atoms with E-state index < -0.39 is 0 Å². The van der Waals surface area contributed by atoms with E-state index in [-0.39, 0.29) is 5.60 Å². The van der Waals surface area contributed by atoms with Crippen LogP contribution >= 0.6 is 11.3 Å². The second-order valence-electron chi connectivity index (χ2n) is 4.09. The van der Waals surface area contributed by atoms with Crippen LogP contribution in [0.25, 0.3) is 0 Å². The largest absolute Gasteiger partial charge is 0.365 e. The number of nitrogens with one attached hydrogen (secondary N) is 1. The van der Waals surface area contributed by atoms with Gasteiger partial charge in [0.25, 0.3) is 0 Å². The van der Waals surface area contributed by atoms with Gasteiger partial charge >= 0.3 is 0 Å². The number of ether oxygens (including phenoxy) is 1. The molecule has 1 N–H and O–H groups in total. The van der Waals surface area contributed by atoms with Gasteiger partial charge in [0.2, 0.25) is 0 Å². The summed E-state index contributed by atoms with van der Waals surface area (Å²) in [5, 5.41) is 4.30. The summed E-state index contributed by atoms with van der Waals surface area (Å²) in [6.45, 7) is 8.84. The molecule has 14 heavy (non-hydrogen) atoms. The second-order valence-corrected chi connectivity index (χ2v) is 5.38. The molecule has 4 heteroatoms. The highest BCUT2D eigenvalue weighted by Gasteiger charge is 2.32. The quantitative estimate of drug-likeness (QED) is 0.827. The van der Waals surface area contributed by atoms with Crippen LogP contribution in [0.3, 0.4) is 0 Å². The predicted octanol–water partition coefficient (Wildman–Crippen LogP) is 1.64. The van der Waals surface area contributed by atoms with Crippen LogP contribution in [0.4, 0.5) is 0 Å². The first-order valence-electron chi connectivity index (χ1n) is 4.87. The molecule has 0 radical (unpaired) electrons. The number of rotatable bonds is 3. The van der Waals surface area contributed by atoms with Gasteiger partial charge in [-0.25, -0.2) is 4.98 Å². The predicted molar refractivity (Wildman–Crippen MR) is 57.7 cm³/mol. The molecule has 1 saturated heterocycles. The summed E-state index contributed by atoms with van der Waals surface area (Å²) >= 11 is 1.73. The van der Waals surface area contributed by atoms with Gasteiger partial charge in [0.05, 0.1) is 17.9 Å². The number of nitrogens with zero attached hydrogens (tertiary/aromatic N) is 1. The maximum Gasteiger partial charge on any atom is 0.119 e. The third kappa shape index (κ3) is 1.97. The van der Waals surface area contributed by atoms with Gasteiger partial charge in [0, 0.05) is 18.0 Å². The molecular formula is C10H16N2OS. The van der Waals surface area contributed by atoms with Gasteiger partial charge in [-0.2, -0.15) is 0 Å². The van der Waals surface area contributed by atoms with Gasteiger partial charge in [-0.05, 0) is 20.8 Å². The Morgan fingerprint density at radius 1 is 1.50 bits per heavy atom. The summed E-state index contributed by atoms with van der Waals surface area (Å²) < 4.78 is 5.81. The van der Waals surface area contributed by atoms with Crippen molar-refractivity contribution in [1.29, 1.82) is 0 Å². The minimum absolute atomic E-state index is 0.0352. The zero-order chi connectivity index (χ0) is 10.2. The minimum atomic E-state index is 0.0352. The fourth-order valence-electron chi connectivity index (χ4n) is 1.42. The third-order valence-electron chi connectivity index (χ3n) is 2.61. The molecule has 2 rings (SSSR count). The maximum atomic E-state index is 5.81. The van der Waals surface area contributed by atoms with E-state index >= 15 is 0 Å². The fourth-order valence-corrected chi connectivity index (χ4v) is 2.26. The molecule has 1 aliphatic rings. The van der Waals surface area contributed by atoms with E-state index in [0.717, 1.165) is 23.8 Å². The van der Waals surface area contributed by atoms with E-state index in [1.807, 2.05) is 6.92 Å². The lowest BCUT2D eigenvalue weighted by atomic mass is 10.0. The van der Waals surface area contributed by atoms with Gasteiger partial charge in [-0.15, -0.1) is 11.3 Å². The zero-order valence-corrected chi connectivity index (χ0v) is 9.70. The van der Waals surface area contributed by atoms with Gasteiger partial charge < -0.3 is 10.1 Å². The van der Waals surface area contributed by atoms with Crippen LogP contribution in [0.2, 0.25) is 0 Å². The molecule has 0 atom stereocenters. The van der Waals surface area contributed by atoms with Crippen LogP contribution in [0.5, 0.6) is 0 Å². The molecule has 0 amide bonds. The summed E-state index contributed by atoms with van der Waals surface area (Å²) in [5.41, 5.74) is 1.17. The first-order chi connectivity index (χ1) is 6.59. The Kier molecular flexibility index (Phi) is 2.60. The minimum Gasteiger partial charge on any atom is -0.365 e. The molecule has 1 aromatic rings. The van der Waals surface area contributed by atoms with Crippen molar-refractivity contribution in [2.24, 2.45) is 0 Å². The van der Waals surface area contributed by atoms with Crippen molar-refractivity contribution in [3.05, 3.63) is 15.6 Å². The Morgan fingerprint density at radius 3 is 2.64 bits per heavy atom. The van der Waals surface area contributed by atoms with Crippen molar-refractivity contribution < 1.29 is 4.74 Å². The van der Waals surface area contributed by atoms with E-state index in [2.05, 4.69) is 24.1 Å². The first-order valence-corrected chi connectivity index (χ1v) is 5.68. The van der Waals surface area contributed by atoms with Crippen molar-refractivity contribution >= 4 is 11.3 Å². The lowest BCUT2D eigenvalue weighted by molar-refractivity contribution is -0.0767. The van der Waals surface area contributed by atoms with Gasteiger partial charge in [0.1, 0.15) is 5.01 Å². The van der Waals surface area contributed by atoms with Crippen molar-refractivity contribution in [1.82, 2.24) is 10.3 Å². The van der Waals surface area contributed by atoms with E-state index in [0.29, 0.717) is 6.61 Å². The summed E-state index contributed by atoms with van der Waals surface area (Å²) in [6.07, 6.45) is 0. The van der Waals surface area contributed by atoms with Crippen molar-refractivity contribution in [2.75, 3.05) is 13.1 Å². The SMILES string of the molecule is Cc1nc(COC2(C)CNC2)sc1C. The van der Waals surface area contributed by atoms with Crippen LogP contribution in [0.15, 0.2) is 0 Å². The molecule has 1 fully saturated rings. The van der Waals surface area contributed by atoms with E-state index in [1.54, 1.807) is 11.3 Å². The van der Waals surface area contributed by atoms with E-state index in [9.17, 15) is 0 Å². The molecule has 1 aromatic heterocycles.